The molecule has 0 spiro atoms. The minimum Gasteiger partial charge on any atom is -0.480 e. The molecule has 1 fully saturated rings. The highest BCUT2D eigenvalue weighted by molar-refractivity contribution is 5.82. The van der Waals surface area contributed by atoms with Crippen molar-refractivity contribution in [1.82, 2.24) is 4.90 Å². The van der Waals surface area contributed by atoms with Gasteiger partial charge in [-0.25, -0.2) is 9.59 Å². The SMILES string of the molecule is CC=C1CCCC(C(=O)O)N1C(=O)OC(C)(C)C. The third-order valence-electron chi connectivity index (χ3n) is 2.74. The molecule has 102 valence electrons. The molecule has 0 bridgehead atoms. The summed E-state index contributed by atoms with van der Waals surface area (Å²) >= 11 is 0. The molecule has 0 aromatic rings. The Morgan fingerprint density at radius 1 is 1.44 bits per heavy atom. The molecule has 1 heterocycles. The molecule has 1 saturated heterocycles. The average Bonchev–Trinajstić information content (AvgIpc) is 2.25. The van der Waals surface area contributed by atoms with Gasteiger partial charge in [0.1, 0.15) is 11.6 Å². The predicted octanol–water partition coefficient (Wildman–Crippen LogP) is 2.76. The van der Waals surface area contributed by atoms with Gasteiger partial charge in [0.25, 0.3) is 0 Å². The van der Waals surface area contributed by atoms with Gasteiger partial charge in [-0.3, -0.25) is 4.90 Å². The van der Waals surface area contributed by atoms with Crippen molar-refractivity contribution in [3.63, 3.8) is 0 Å². The van der Waals surface area contributed by atoms with E-state index in [2.05, 4.69) is 0 Å². The van der Waals surface area contributed by atoms with Crippen LogP contribution in [-0.4, -0.2) is 33.7 Å². The Morgan fingerprint density at radius 3 is 2.50 bits per heavy atom. The summed E-state index contributed by atoms with van der Waals surface area (Å²) in [4.78, 5) is 24.6. The molecule has 0 aromatic carbocycles. The van der Waals surface area contributed by atoms with Gasteiger partial charge < -0.3 is 9.84 Å². The molecule has 1 amide bonds. The number of carboxylic acid groups (broad SMARTS) is 1. The molecule has 1 atom stereocenters. The lowest BCUT2D eigenvalue weighted by Crippen LogP contribution is -2.48. The number of rotatable bonds is 1. The van der Waals surface area contributed by atoms with E-state index in [4.69, 9.17) is 4.74 Å². The third-order valence-corrected chi connectivity index (χ3v) is 2.74. The number of likely N-dealkylation sites (tertiary alicyclic amines) is 1. The number of ether oxygens (including phenoxy) is 1. The summed E-state index contributed by atoms with van der Waals surface area (Å²) in [6, 6.07) is -0.820. The number of hydrogen-bond donors (Lipinski definition) is 1. The van der Waals surface area contributed by atoms with Crippen LogP contribution in [0.25, 0.3) is 0 Å². The van der Waals surface area contributed by atoms with Crippen LogP contribution >= 0.6 is 0 Å². The van der Waals surface area contributed by atoms with E-state index in [1.54, 1.807) is 33.8 Å². The molecule has 5 nitrogen and oxygen atoms in total. The first-order valence-corrected chi connectivity index (χ1v) is 6.16. The van der Waals surface area contributed by atoms with E-state index in [0.29, 0.717) is 12.8 Å². The summed E-state index contributed by atoms with van der Waals surface area (Å²) in [5.41, 5.74) is 0.0964. The topological polar surface area (TPSA) is 66.8 Å². The van der Waals surface area contributed by atoms with E-state index in [0.717, 1.165) is 12.1 Å². The first-order valence-electron chi connectivity index (χ1n) is 6.16. The molecule has 5 heteroatoms. The van der Waals surface area contributed by atoms with E-state index in [-0.39, 0.29) is 0 Å². The third kappa shape index (κ3) is 3.48. The fourth-order valence-electron chi connectivity index (χ4n) is 2.00. The largest absolute Gasteiger partial charge is 0.480 e. The van der Waals surface area contributed by atoms with Gasteiger partial charge >= 0.3 is 12.1 Å². The van der Waals surface area contributed by atoms with Gasteiger partial charge in [-0.1, -0.05) is 6.08 Å². The fraction of sp³-hybridized carbons (Fsp3) is 0.692. The molecule has 1 aliphatic rings. The summed E-state index contributed by atoms with van der Waals surface area (Å²) in [7, 11) is 0. The second-order valence-corrected chi connectivity index (χ2v) is 5.38. The number of carboxylic acids is 1. The second-order valence-electron chi connectivity index (χ2n) is 5.38. The molecule has 1 aliphatic heterocycles. The number of carbonyl (C=O) groups excluding carboxylic acids is 1. The molecule has 0 saturated carbocycles. The highest BCUT2D eigenvalue weighted by Crippen LogP contribution is 2.28. The van der Waals surface area contributed by atoms with Crippen LogP contribution < -0.4 is 0 Å². The van der Waals surface area contributed by atoms with E-state index < -0.39 is 23.7 Å². The standard InChI is InChI=1S/C13H21NO4/c1-5-9-7-6-8-10(11(15)16)14(9)12(17)18-13(2,3)4/h5,10H,6-8H2,1-4H3,(H,15,16). The van der Waals surface area contributed by atoms with Crippen LogP contribution in [0.5, 0.6) is 0 Å². The highest BCUT2D eigenvalue weighted by Gasteiger charge is 2.37. The van der Waals surface area contributed by atoms with Crippen molar-refractivity contribution in [3.05, 3.63) is 11.8 Å². The zero-order valence-corrected chi connectivity index (χ0v) is 11.4. The number of hydrogen-bond acceptors (Lipinski definition) is 3. The summed E-state index contributed by atoms with van der Waals surface area (Å²) in [6.07, 6.45) is 3.14. The molecule has 0 radical (unpaired) electrons. The molecule has 1 N–H and O–H groups in total. The van der Waals surface area contributed by atoms with E-state index in [1.165, 1.54) is 4.90 Å². The van der Waals surface area contributed by atoms with E-state index in [1.807, 2.05) is 0 Å². The average molecular weight is 255 g/mol. The van der Waals surface area contributed by atoms with Crippen molar-refractivity contribution >= 4 is 12.1 Å². The van der Waals surface area contributed by atoms with Gasteiger partial charge in [-0.05, 0) is 47.0 Å². The number of nitrogens with zero attached hydrogens (tertiary/aromatic N) is 1. The normalized spacial score (nSPS) is 23.0. The van der Waals surface area contributed by atoms with Crippen LogP contribution in [-0.2, 0) is 9.53 Å². The Bertz CT molecular complexity index is 368. The van der Waals surface area contributed by atoms with Crippen LogP contribution in [0.2, 0.25) is 0 Å². The molecule has 18 heavy (non-hydrogen) atoms. The molecule has 1 rings (SSSR count). The quantitative estimate of drug-likeness (QED) is 0.782. The smallest absolute Gasteiger partial charge is 0.415 e. The predicted molar refractivity (Wildman–Crippen MR) is 67.1 cm³/mol. The number of carbonyl (C=O) groups is 2. The van der Waals surface area contributed by atoms with Gasteiger partial charge in [0.15, 0.2) is 0 Å². The van der Waals surface area contributed by atoms with Crippen molar-refractivity contribution < 1.29 is 19.4 Å². The monoisotopic (exact) mass is 255 g/mol. The fourth-order valence-corrected chi connectivity index (χ4v) is 2.00. The van der Waals surface area contributed by atoms with Crippen molar-refractivity contribution in [1.29, 1.82) is 0 Å². The molecule has 1 unspecified atom stereocenters. The van der Waals surface area contributed by atoms with Gasteiger partial charge in [-0.2, -0.15) is 0 Å². The van der Waals surface area contributed by atoms with Crippen LogP contribution in [0.15, 0.2) is 11.8 Å². The van der Waals surface area contributed by atoms with Crippen LogP contribution in [0.1, 0.15) is 47.0 Å². The van der Waals surface area contributed by atoms with E-state index >= 15 is 0 Å². The lowest BCUT2D eigenvalue weighted by Gasteiger charge is -2.36. The maximum atomic E-state index is 12.1. The zero-order chi connectivity index (χ0) is 13.9. The van der Waals surface area contributed by atoms with Gasteiger partial charge in [0, 0.05) is 5.70 Å². The Morgan fingerprint density at radius 2 is 2.06 bits per heavy atom. The minimum absolute atomic E-state index is 0.464. The number of aliphatic carboxylic acids is 1. The first kappa shape index (κ1) is 14.5. The molecular weight excluding hydrogens is 234 g/mol. The van der Waals surface area contributed by atoms with Crippen molar-refractivity contribution in [2.75, 3.05) is 0 Å². The Balaban J connectivity index is 2.96. The lowest BCUT2D eigenvalue weighted by molar-refractivity contribution is -0.143. The Hall–Kier alpha value is -1.52. The number of amides is 1. The minimum atomic E-state index is -0.986. The summed E-state index contributed by atoms with van der Waals surface area (Å²) in [5, 5.41) is 9.19. The van der Waals surface area contributed by atoms with Crippen molar-refractivity contribution in [3.8, 4) is 0 Å². The summed E-state index contributed by atoms with van der Waals surface area (Å²) in [5.74, 6) is -0.986. The van der Waals surface area contributed by atoms with Crippen molar-refractivity contribution in [2.24, 2.45) is 0 Å². The lowest BCUT2D eigenvalue weighted by atomic mass is 9.99. The van der Waals surface area contributed by atoms with Crippen LogP contribution in [0.3, 0.4) is 0 Å². The zero-order valence-electron chi connectivity index (χ0n) is 11.4. The Kier molecular flexibility index (Phi) is 4.38. The Labute approximate surface area is 107 Å². The highest BCUT2D eigenvalue weighted by atomic mass is 16.6. The molecular formula is C13H21NO4. The maximum Gasteiger partial charge on any atom is 0.415 e. The maximum absolute atomic E-state index is 12.1. The van der Waals surface area contributed by atoms with Crippen LogP contribution in [0, 0.1) is 0 Å². The number of piperidine rings is 1. The van der Waals surface area contributed by atoms with Crippen molar-refractivity contribution in [2.45, 2.75) is 58.6 Å². The summed E-state index contributed by atoms with van der Waals surface area (Å²) in [6.45, 7) is 7.09. The van der Waals surface area contributed by atoms with E-state index in [9.17, 15) is 14.7 Å². The first-order chi connectivity index (χ1) is 8.26. The summed E-state index contributed by atoms with van der Waals surface area (Å²) < 4.78 is 5.27. The van der Waals surface area contributed by atoms with Gasteiger partial charge in [-0.15, -0.1) is 0 Å². The van der Waals surface area contributed by atoms with Crippen LogP contribution in [0.4, 0.5) is 4.79 Å². The number of allylic oxidation sites excluding steroid dienone is 2. The van der Waals surface area contributed by atoms with Gasteiger partial charge in [0.2, 0.25) is 0 Å². The second kappa shape index (κ2) is 5.42. The molecule has 0 aromatic heterocycles. The van der Waals surface area contributed by atoms with Gasteiger partial charge in [0.05, 0.1) is 0 Å². The molecule has 0 aliphatic carbocycles.